The van der Waals surface area contributed by atoms with Gasteiger partial charge in [-0.2, -0.15) is 0 Å². The van der Waals surface area contributed by atoms with E-state index in [1.165, 1.54) is 0 Å². The van der Waals surface area contributed by atoms with Crippen LogP contribution in [0.5, 0.6) is 0 Å². The third-order valence-electron chi connectivity index (χ3n) is 3.88. The number of amides is 2. The van der Waals surface area contributed by atoms with E-state index in [2.05, 4.69) is 24.5 Å². The molecule has 0 radical (unpaired) electrons. The molecule has 0 aromatic carbocycles. The topological polar surface area (TPSA) is 84.2 Å². The number of hydrogen-bond donors (Lipinski definition) is 3. The fourth-order valence-electron chi connectivity index (χ4n) is 1.64. The molecule has 5 nitrogen and oxygen atoms in total. The SMILES string of the molecule is CC(C)CCNC(=O)CCCCNC(=O)C(C)(C)C(C)N. The van der Waals surface area contributed by atoms with E-state index in [-0.39, 0.29) is 17.9 Å². The molecule has 0 aliphatic carbocycles. The Morgan fingerprint density at radius 3 is 2.19 bits per heavy atom. The summed E-state index contributed by atoms with van der Waals surface area (Å²) in [5.41, 5.74) is 5.23. The third-order valence-corrected chi connectivity index (χ3v) is 3.88. The van der Waals surface area contributed by atoms with Crippen LogP contribution in [0.2, 0.25) is 0 Å². The van der Waals surface area contributed by atoms with Gasteiger partial charge in [0.15, 0.2) is 0 Å². The molecule has 0 heterocycles. The van der Waals surface area contributed by atoms with E-state index in [1.807, 2.05) is 20.8 Å². The number of carbonyl (C=O) groups excluding carboxylic acids is 2. The Labute approximate surface area is 129 Å². The molecule has 4 N–H and O–H groups in total. The van der Waals surface area contributed by atoms with Gasteiger partial charge in [-0.1, -0.05) is 13.8 Å². The lowest BCUT2D eigenvalue weighted by Crippen LogP contribution is -2.47. The minimum Gasteiger partial charge on any atom is -0.356 e. The molecule has 1 atom stereocenters. The molecule has 0 aromatic heterocycles. The Balaban J connectivity index is 3.68. The molecule has 0 aliphatic rings. The molecule has 0 fully saturated rings. The van der Waals surface area contributed by atoms with E-state index in [1.54, 1.807) is 0 Å². The van der Waals surface area contributed by atoms with Crippen molar-refractivity contribution in [3.8, 4) is 0 Å². The fourth-order valence-corrected chi connectivity index (χ4v) is 1.64. The number of hydrogen-bond acceptors (Lipinski definition) is 3. The van der Waals surface area contributed by atoms with Gasteiger partial charge in [0, 0.05) is 25.6 Å². The normalized spacial score (nSPS) is 13.1. The van der Waals surface area contributed by atoms with Crippen LogP contribution >= 0.6 is 0 Å². The van der Waals surface area contributed by atoms with Crippen LogP contribution in [0.25, 0.3) is 0 Å². The minimum absolute atomic E-state index is 0.0288. The van der Waals surface area contributed by atoms with Crippen molar-refractivity contribution in [1.29, 1.82) is 0 Å². The Bertz CT molecular complexity index is 325. The summed E-state index contributed by atoms with van der Waals surface area (Å²) in [5, 5.41) is 5.80. The molecule has 0 aliphatic heterocycles. The maximum atomic E-state index is 11.9. The summed E-state index contributed by atoms with van der Waals surface area (Å²) in [6, 6.07) is -0.191. The lowest BCUT2D eigenvalue weighted by atomic mass is 9.85. The van der Waals surface area contributed by atoms with Crippen LogP contribution in [0.15, 0.2) is 0 Å². The van der Waals surface area contributed by atoms with Gasteiger partial charge in [-0.3, -0.25) is 9.59 Å². The zero-order valence-corrected chi connectivity index (χ0v) is 14.3. The molecule has 21 heavy (non-hydrogen) atoms. The number of carbonyl (C=O) groups is 2. The maximum Gasteiger partial charge on any atom is 0.227 e. The van der Waals surface area contributed by atoms with Crippen molar-refractivity contribution in [3.63, 3.8) is 0 Å². The summed E-state index contributed by atoms with van der Waals surface area (Å²) in [4.78, 5) is 23.5. The van der Waals surface area contributed by atoms with Crippen molar-refractivity contribution in [2.75, 3.05) is 13.1 Å². The highest BCUT2D eigenvalue weighted by molar-refractivity contribution is 5.82. The summed E-state index contributed by atoms with van der Waals surface area (Å²) >= 11 is 0. The monoisotopic (exact) mass is 299 g/mol. The van der Waals surface area contributed by atoms with Gasteiger partial charge in [-0.25, -0.2) is 0 Å². The first kappa shape index (κ1) is 19.9. The molecule has 0 saturated carbocycles. The van der Waals surface area contributed by atoms with Gasteiger partial charge in [0.05, 0.1) is 5.41 Å². The van der Waals surface area contributed by atoms with Gasteiger partial charge in [-0.15, -0.1) is 0 Å². The van der Waals surface area contributed by atoms with Crippen LogP contribution in [0.3, 0.4) is 0 Å². The minimum atomic E-state index is -0.561. The second-order valence-corrected chi connectivity index (χ2v) is 6.76. The summed E-state index contributed by atoms with van der Waals surface area (Å²) in [6.07, 6.45) is 3.11. The van der Waals surface area contributed by atoms with Gasteiger partial charge in [0.1, 0.15) is 0 Å². The van der Waals surface area contributed by atoms with E-state index in [0.29, 0.717) is 18.9 Å². The summed E-state index contributed by atoms with van der Waals surface area (Å²) in [6.45, 7) is 11.1. The molecule has 0 aromatic rings. The van der Waals surface area contributed by atoms with E-state index in [0.717, 1.165) is 25.8 Å². The van der Waals surface area contributed by atoms with Gasteiger partial charge in [-0.05, 0) is 46.0 Å². The van der Waals surface area contributed by atoms with Gasteiger partial charge in [0.2, 0.25) is 11.8 Å². The standard InChI is InChI=1S/C16H33N3O2/c1-12(2)9-11-18-14(20)8-6-7-10-19-15(21)16(4,5)13(3)17/h12-13H,6-11,17H2,1-5H3,(H,18,20)(H,19,21). The van der Waals surface area contributed by atoms with Crippen LogP contribution < -0.4 is 16.4 Å². The predicted octanol–water partition coefficient (Wildman–Crippen LogP) is 1.81. The Morgan fingerprint density at radius 1 is 1.05 bits per heavy atom. The van der Waals surface area contributed by atoms with E-state index in [4.69, 9.17) is 5.73 Å². The number of unbranched alkanes of at least 4 members (excludes halogenated alkanes) is 1. The number of nitrogens with two attached hydrogens (primary N) is 1. The van der Waals surface area contributed by atoms with Gasteiger partial charge < -0.3 is 16.4 Å². The molecule has 1 unspecified atom stereocenters. The van der Waals surface area contributed by atoms with Crippen LogP contribution in [0, 0.1) is 11.3 Å². The largest absolute Gasteiger partial charge is 0.356 e. The first-order chi connectivity index (χ1) is 9.67. The molecular weight excluding hydrogens is 266 g/mol. The molecule has 0 spiro atoms. The van der Waals surface area contributed by atoms with Crippen molar-refractivity contribution >= 4 is 11.8 Å². The zero-order chi connectivity index (χ0) is 16.5. The highest BCUT2D eigenvalue weighted by Gasteiger charge is 2.31. The van der Waals surface area contributed by atoms with Crippen molar-refractivity contribution in [1.82, 2.24) is 10.6 Å². The number of nitrogens with one attached hydrogen (secondary N) is 2. The smallest absolute Gasteiger partial charge is 0.227 e. The average Bonchev–Trinajstić information content (AvgIpc) is 2.37. The van der Waals surface area contributed by atoms with Crippen LogP contribution in [-0.2, 0) is 9.59 Å². The molecule has 5 heteroatoms. The fraction of sp³-hybridized carbons (Fsp3) is 0.875. The highest BCUT2D eigenvalue weighted by Crippen LogP contribution is 2.18. The van der Waals surface area contributed by atoms with Crippen LogP contribution in [0.4, 0.5) is 0 Å². The zero-order valence-electron chi connectivity index (χ0n) is 14.3. The highest BCUT2D eigenvalue weighted by atomic mass is 16.2. The first-order valence-corrected chi connectivity index (χ1v) is 7.98. The summed E-state index contributed by atoms with van der Waals surface area (Å²) in [5.74, 6) is 0.672. The van der Waals surface area contributed by atoms with Crippen LogP contribution in [-0.4, -0.2) is 30.9 Å². The second-order valence-electron chi connectivity index (χ2n) is 6.76. The van der Waals surface area contributed by atoms with Crippen molar-refractivity contribution in [2.45, 2.75) is 66.3 Å². The maximum absolute atomic E-state index is 11.9. The van der Waals surface area contributed by atoms with Crippen LogP contribution in [0.1, 0.15) is 60.3 Å². The number of rotatable bonds is 10. The van der Waals surface area contributed by atoms with Crippen molar-refractivity contribution in [2.24, 2.45) is 17.1 Å². The molecular formula is C16H33N3O2. The molecule has 124 valence electrons. The van der Waals surface area contributed by atoms with Crippen molar-refractivity contribution < 1.29 is 9.59 Å². The Morgan fingerprint density at radius 2 is 1.67 bits per heavy atom. The molecule has 0 bridgehead atoms. The summed E-state index contributed by atoms with van der Waals surface area (Å²) in [7, 11) is 0. The predicted molar refractivity (Wildman–Crippen MR) is 86.8 cm³/mol. The second kappa shape index (κ2) is 9.77. The average molecular weight is 299 g/mol. The lowest BCUT2D eigenvalue weighted by Gasteiger charge is -2.27. The van der Waals surface area contributed by atoms with Gasteiger partial charge in [0.25, 0.3) is 0 Å². The lowest BCUT2D eigenvalue weighted by molar-refractivity contribution is -0.130. The quantitative estimate of drug-likeness (QED) is 0.538. The van der Waals surface area contributed by atoms with Gasteiger partial charge >= 0.3 is 0 Å². The van der Waals surface area contributed by atoms with E-state index in [9.17, 15) is 9.59 Å². The third kappa shape index (κ3) is 8.71. The van der Waals surface area contributed by atoms with E-state index >= 15 is 0 Å². The molecule has 0 saturated heterocycles. The molecule has 2 amide bonds. The molecule has 0 rings (SSSR count). The Kier molecular flexibility index (Phi) is 9.26. The Hall–Kier alpha value is -1.10. The summed E-state index contributed by atoms with van der Waals surface area (Å²) < 4.78 is 0. The van der Waals surface area contributed by atoms with E-state index < -0.39 is 5.41 Å². The first-order valence-electron chi connectivity index (χ1n) is 7.98. The van der Waals surface area contributed by atoms with Crippen molar-refractivity contribution in [3.05, 3.63) is 0 Å².